The molecule has 7 heteroatoms. The molecule has 1 aliphatic heterocycles. The molecule has 0 bridgehead atoms. The Morgan fingerprint density at radius 3 is 2.77 bits per heavy atom. The molecule has 0 spiro atoms. The Hall–Kier alpha value is -2.28. The van der Waals surface area contributed by atoms with Crippen LogP contribution in [0.3, 0.4) is 0 Å². The van der Waals surface area contributed by atoms with Crippen LogP contribution in [0.4, 0.5) is 5.69 Å². The highest BCUT2D eigenvalue weighted by Gasteiger charge is 2.39. The third-order valence-corrected chi connectivity index (χ3v) is 3.81. The molecule has 0 unspecified atom stereocenters. The number of hydrogen-bond acceptors (Lipinski definition) is 5. The Labute approximate surface area is 133 Å². The van der Waals surface area contributed by atoms with Gasteiger partial charge in [-0.15, -0.1) is 0 Å². The van der Waals surface area contributed by atoms with Crippen molar-refractivity contribution < 1.29 is 14.3 Å². The van der Waals surface area contributed by atoms with Crippen LogP contribution in [0.25, 0.3) is 0 Å². The van der Waals surface area contributed by atoms with Crippen molar-refractivity contribution in [2.24, 2.45) is 10.9 Å². The number of anilines is 1. The first-order valence-corrected chi connectivity index (χ1v) is 7.37. The fraction of sp³-hybridized carbons (Fsp3) is 0.333. The Morgan fingerprint density at radius 2 is 2.09 bits per heavy atom. The van der Waals surface area contributed by atoms with Gasteiger partial charge >= 0.3 is 0 Å². The van der Waals surface area contributed by atoms with Crippen molar-refractivity contribution in [1.82, 2.24) is 5.32 Å². The Balaban J connectivity index is 1.93. The van der Waals surface area contributed by atoms with Gasteiger partial charge in [0.1, 0.15) is 5.75 Å². The second-order valence-corrected chi connectivity index (χ2v) is 5.53. The number of carbonyl (C=O) groups is 2. The Bertz CT molecular complexity index is 670. The Kier molecular flexibility index (Phi) is 3.89. The molecule has 1 heterocycles. The van der Waals surface area contributed by atoms with Gasteiger partial charge in [0, 0.05) is 12.3 Å². The third-order valence-electron chi connectivity index (χ3n) is 3.52. The van der Waals surface area contributed by atoms with Crippen LogP contribution in [0.2, 0.25) is 0 Å². The summed E-state index contributed by atoms with van der Waals surface area (Å²) >= 11 is 5.14. The predicted molar refractivity (Wildman–Crippen MR) is 86.2 cm³/mol. The number of carbonyl (C=O) groups excluding carboxylic acids is 2. The van der Waals surface area contributed by atoms with E-state index in [1.54, 1.807) is 24.3 Å². The SMILES string of the molecule is COc1ccccc1N1C(=O)[C@@H](C=NC2CC2)C(=O)NC1=S. The maximum absolute atomic E-state index is 12.7. The van der Waals surface area contributed by atoms with Crippen LogP contribution in [0, 0.1) is 5.92 Å². The summed E-state index contributed by atoms with van der Waals surface area (Å²) in [5, 5.41) is 2.61. The summed E-state index contributed by atoms with van der Waals surface area (Å²) < 4.78 is 5.27. The number of nitrogens with one attached hydrogen (secondary N) is 1. The number of rotatable bonds is 4. The summed E-state index contributed by atoms with van der Waals surface area (Å²) in [5.74, 6) is -1.31. The van der Waals surface area contributed by atoms with Crippen molar-refractivity contribution in [2.75, 3.05) is 12.0 Å². The van der Waals surface area contributed by atoms with Crippen LogP contribution >= 0.6 is 12.2 Å². The first kappa shape index (κ1) is 14.6. The quantitative estimate of drug-likeness (QED) is 0.516. The number of aliphatic imine (C=N–C) groups is 1. The van der Waals surface area contributed by atoms with Crippen molar-refractivity contribution in [2.45, 2.75) is 18.9 Å². The molecule has 1 saturated heterocycles. The Morgan fingerprint density at radius 1 is 1.36 bits per heavy atom. The fourth-order valence-corrected chi connectivity index (χ4v) is 2.48. The van der Waals surface area contributed by atoms with Gasteiger partial charge in [0.2, 0.25) is 5.91 Å². The molecule has 1 aromatic carbocycles. The molecule has 2 fully saturated rings. The maximum atomic E-state index is 12.7. The first-order chi connectivity index (χ1) is 10.6. The van der Waals surface area contributed by atoms with E-state index in [2.05, 4.69) is 10.3 Å². The van der Waals surface area contributed by atoms with Crippen molar-refractivity contribution in [3.05, 3.63) is 24.3 Å². The minimum absolute atomic E-state index is 0.0515. The molecule has 22 heavy (non-hydrogen) atoms. The zero-order valence-corrected chi connectivity index (χ0v) is 12.8. The average Bonchev–Trinajstić information content (AvgIpc) is 3.31. The number of hydrogen-bond donors (Lipinski definition) is 1. The van der Waals surface area contributed by atoms with Gasteiger partial charge in [0.15, 0.2) is 11.0 Å². The zero-order valence-electron chi connectivity index (χ0n) is 12.0. The number of nitrogens with zero attached hydrogens (tertiary/aromatic N) is 2. The van der Waals surface area contributed by atoms with Gasteiger partial charge in [-0.3, -0.25) is 19.5 Å². The standard InChI is InChI=1S/C15H15N3O3S/c1-21-12-5-3-2-4-11(12)18-14(20)10(8-16-9-6-7-9)13(19)17-15(18)22/h2-5,8-10H,6-7H2,1H3,(H,17,19,22)/t10-/m0/s1. The minimum Gasteiger partial charge on any atom is -0.495 e. The largest absolute Gasteiger partial charge is 0.495 e. The van der Waals surface area contributed by atoms with E-state index in [9.17, 15) is 9.59 Å². The lowest BCUT2D eigenvalue weighted by Gasteiger charge is -2.31. The molecule has 114 valence electrons. The van der Waals surface area contributed by atoms with Gasteiger partial charge in [-0.25, -0.2) is 0 Å². The molecule has 0 aromatic heterocycles. The second kappa shape index (κ2) is 5.84. The average molecular weight is 317 g/mol. The molecule has 1 saturated carbocycles. The molecule has 1 atom stereocenters. The first-order valence-electron chi connectivity index (χ1n) is 6.97. The van der Waals surface area contributed by atoms with E-state index < -0.39 is 17.7 Å². The van der Waals surface area contributed by atoms with E-state index in [0.29, 0.717) is 11.4 Å². The van der Waals surface area contributed by atoms with Crippen LogP contribution in [0.1, 0.15) is 12.8 Å². The number of ether oxygens (including phenoxy) is 1. The van der Waals surface area contributed by atoms with Gasteiger partial charge in [-0.1, -0.05) is 12.1 Å². The highest BCUT2D eigenvalue weighted by Crippen LogP contribution is 2.30. The monoisotopic (exact) mass is 317 g/mol. The van der Waals surface area contributed by atoms with E-state index in [4.69, 9.17) is 17.0 Å². The molecule has 1 aliphatic carbocycles. The number of methoxy groups -OCH3 is 1. The van der Waals surface area contributed by atoms with Crippen molar-refractivity contribution in [3.63, 3.8) is 0 Å². The molecule has 2 aliphatic rings. The van der Waals surface area contributed by atoms with Crippen LogP contribution in [0.5, 0.6) is 5.75 Å². The number of amides is 2. The van der Waals surface area contributed by atoms with E-state index in [-0.39, 0.29) is 11.2 Å². The van der Waals surface area contributed by atoms with E-state index in [1.165, 1.54) is 18.2 Å². The number of benzene rings is 1. The summed E-state index contributed by atoms with van der Waals surface area (Å²) in [7, 11) is 1.51. The van der Waals surface area contributed by atoms with Gasteiger partial charge in [0.05, 0.1) is 12.8 Å². The third kappa shape index (κ3) is 2.71. The van der Waals surface area contributed by atoms with E-state index in [1.807, 2.05) is 0 Å². The molecular weight excluding hydrogens is 302 g/mol. The van der Waals surface area contributed by atoms with Crippen LogP contribution in [-0.2, 0) is 9.59 Å². The summed E-state index contributed by atoms with van der Waals surface area (Å²) in [6.45, 7) is 0. The lowest BCUT2D eigenvalue weighted by Crippen LogP contribution is -2.58. The molecule has 2 amide bonds. The van der Waals surface area contributed by atoms with Gasteiger partial charge in [0.25, 0.3) is 5.91 Å². The van der Waals surface area contributed by atoms with Gasteiger partial charge in [-0.05, 0) is 37.2 Å². The zero-order chi connectivity index (χ0) is 15.7. The van der Waals surface area contributed by atoms with Gasteiger partial charge in [-0.2, -0.15) is 0 Å². The van der Waals surface area contributed by atoms with Gasteiger partial charge < -0.3 is 10.1 Å². The summed E-state index contributed by atoms with van der Waals surface area (Å²) in [5.41, 5.74) is 0.504. The van der Waals surface area contributed by atoms with E-state index >= 15 is 0 Å². The molecule has 6 nitrogen and oxygen atoms in total. The molecular formula is C15H15N3O3S. The smallest absolute Gasteiger partial charge is 0.251 e. The highest BCUT2D eigenvalue weighted by molar-refractivity contribution is 7.80. The highest BCUT2D eigenvalue weighted by atomic mass is 32.1. The number of para-hydroxylation sites is 2. The normalized spacial score (nSPS) is 22.1. The van der Waals surface area contributed by atoms with Crippen molar-refractivity contribution in [3.8, 4) is 5.75 Å². The summed E-state index contributed by atoms with van der Waals surface area (Å²) in [6.07, 6.45) is 3.45. The second-order valence-electron chi connectivity index (χ2n) is 5.15. The molecule has 0 radical (unpaired) electrons. The molecule has 1 N–H and O–H groups in total. The topological polar surface area (TPSA) is 71.0 Å². The van der Waals surface area contributed by atoms with E-state index in [0.717, 1.165) is 12.8 Å². The maximum Gasteiger partial charge on any atom is 0.251 e. The molecule has 1 aromatic rings. The summed E-state index contributed by atoms with van der Waals surface area (Å²) in [4.78, 5) is 30.2. The fourth-order valence-electron chi connectivity index (χ4n) is 2.20. The van der Waals surface area contributed by atoms with Crippen LogP contribution < -0.4 is 15.0 Å². The minimum atomic E-state index is -0.961. The lowest BCUT2D eigenvalue weighted by molar-refractivity contribution is -0.130. The summed E-state index contributed by atoms with van der Waals surface area (Å²) in [6, 6.07) is 7.26. The predicted octanol–water partition coefficient (Wildman–Crippen LogP) is 1.29. The van der Waals surface area contributed by atoms with Crippen molar-refractivity contribution >= 4 is 41.0 Å². The lowest BCUT2D eigenvalue weighted by atomic mass is 10.1. The van der Waals surface area contributed by atoms with Crippen molar-refractivity contribution in [1.29, 1.82) is 0 Å². The van der Waals surface area contributed by atoms with Crippen LogP contribution in [-0.4, -0.2) is 36.3 Å². The number of thiocarbonyl (C=S) groups is 1. The molecule has 3 rings (SSSR count). The van der Waals surface area contributed by atoms with Crippen LogP contribution in [0.15, 0.2) is 29.3 Å².